The van der Waals surface area contributed by atoms with Crippen molar-refractivity contribution in [3.63, 3.8) is 0 Å². The lowest BCUT2D eigenvalue weighted by Gasteiger charge is -2.32. The second kappa shape index (κ2) is 7.42. The Balaban J connectivity index is 1.34. The van der Waals surface area contributed by atoms with Crippen LogP contribution in [0.2, 0.25) is 0 Å². The van der Waals surface area contributed by atoms with E-state index in [1.54, 1.807) is 35.2 Å². The smallest absolute Gasteiger partial charge is 0.254 e. The number of hydrogen-bond acceptors (Lipinski definition) is 6. The zero-order valence-electron chi connectivity index (χ0n) is 15.8. The molecule has 0 aromatic carbocycles. The highest BCUT2D eigenvalue weighted by Gasteiger charge is 2.28. The summed E-state index contributed by atoms with van der Waals surface area (Å²) in [6.45, 7) is 2.15. The minimum atomic E-state index is 0.00689. The van der Waals surface area contributed by atoms with Crippen LogP contribution in [0.1, 0.15) is 40.5 Å². The van der Waals surface area contributed by atoms with Crippen molar-refractivity contribution in [2.45, 2.75) is 25.3 Å². The molecule has 4 aromatic rings. The number of imidazole rings is 1. The first kappa shape index (κ1) is 17.5. The van der Waals surface area contributed by atoms with Gasteiger partial charge < -0.3 is 9.47 Å². The van der Waals surface area contributed by atoms with Crippen LogP contribution in [0.3, 0.4) is 0 Å². The third kappa shape index (κ3) is 3.46. The summed E-state index contributed by atoms with van der Waals surface area (Å²) in [6.07, 6.45) is 11.1. The first-order chi connectivity index (χ1) is 14.3. The number of carbonyl (C=O) groups excluding carboxylic acids is 1. The van der Waals surface area contributed by atoms with Crippen molar-refractivity contribution in [3.05, 3.63) is 72.2 Å². The Morgan fingerprint density at radius 1 is 1.14 bits per heavy atom. The Kier molecular flexibility index (Phi) is 4.47. The van der Waals surface area contributed by atoms with Gasteiger partial charge in [-0.2, -0.15) is 0 Å². The molecule has 1 aliphatic rings. The van der Waals surface area contributed by atoms with Crippen molar-refractivity contribution < 1.29 is 4.79 Å². The van der Waals surface area contributed by atoms with Crippen LogP contribution in [0.15, 0.2) is 55.2 Å². The Bertz CT molecular complexity index is 1140. The van der Waals surface area contributed by atoms with Gasteiger partial charge in [-0.1, -0.05) is 0 Å². The predicted molar refractivity (Wildman–Crippen MR) is 104 cm³/mol. The molecule has 0 spiro atoms. The van der Waals surface area contributed by atoms with E-state index in [4.69, 9.17) is 0 Å². The second-order valence-corrected chi connectivity index (χ2v) is 7.26. The molecule has 1 amide bonds. The van der Waals surface area contributed by atoms with E-state index in [1.807, 2.05) is 29.4 Å². The Morgan fingerprint density at radius 2 is 2.03 bits per heavy atom. The van der Waals surface area contributed by atoms with Gasteiger partial charge in [0.15, 0.2) is 5.65 Å². The zero-order chi connectivity index (χ0) is 19.6. The van der Waals surface area contributed by atoms with Gasteiger partial charge in [-0.25, -0.2) is 9.50 Å². The molecule has 0 bridgehead atoms. The SMILES string of the molecule is O=C(c1ccn2nnnc2c1)N1CCC[C@@H](c2nccn2Cc2ccncc2)C1. The summed E-state index contributed by atoms with van der Waals surface area (Å²) in [5, 5.41) is 11.4. The van der Waals surface area contributed by atoms with Gasteiger partial charge in [0.25, 0.3) is 5.91 Å². The van der Waals surface area contributed by atoms with E-state index in [0.717, 1.165) is 31.8 Å². The zero-order valence-corrected chi connectivity index (χ0v) is 15.8. The molecule has 1 atom stereocenters. The molecular formula is C20H20N8O. The van der Waals surface area contributed by atoms with Crippen LogP contribution in [-0.4, -0.2) is 58.5 Å². The van der Waals surface area contributed by atoms with Crippen molar-refractivity contribution in [1.82, 2.24) is 39.5 Å². The quantitative estimate of drug-likeness (QED) is 0.529. The number of amides is 1. The molecule has 1 fully saturated rings. The highest BCUT2D eigenvalue weighted by atomic mass is 16.2. The third-order valence-electron chi connectivity index (χ3n) is 5.37. The summed E-state index contributed by atoms with van der Waals surface area (Å²) in [5.74, 6) is 1.24. The summed E-state index contributed by atoms with van der Waals surface area (Å²) in [6, 6.07) is 7.52. The van der Waals surface area contributed by atoms with Crippen molar-refractivity contribution >= 4 is 11.6 Å². The molecule has 0 N–H and O–H groups in total. The number of tetrazole rings is 1. The summed E-state index contributed by atoms with van der Waals surface area (Å²) in [7, 11) is 0. The Hall–Kier alpha value is -3.62. The molecule has 1 saturated heterocycles. The average molecular weight is 388 g/mol. The van der Waals surface area contributed by atoms with Crippen LogP contribution in [0, 0.1) is 0 Å². The van der Waals surface area contributed by atoms with Crippen molar-refractivity contribution in [3.8, 4) is 0 Å². The lowest BCUT2D eigenvalue weighted by atomic mass is 9.96. The molecule has 9 nitrogen and oxygen atoms in total. The van der Waals surface area contributed by atoms with Crippen LogP contribution in [0.4, 0.5) is 0 Å². The fraction of sp³-hybridized carbons (Fsp3) is 0.300. The van der Waals surface area contributed by atoms with Gasteiger partial charge in [0.05, 0.1) is 0 Å². The van der Waals surface area contributed by atoms with E-state index in [9.17, 15) is 4.79 Å². The molecule has 4 aromatic heterocycles. The summed E-state index contributed by atoms with van der Waals surface area (Å²) < 4.78 is 3.72. The van der Waals surface area contributed by atoms with E-state index in [2.05, 4.69) is 30.1 Å². The number of likely N-dealkylation sites (tertiary alicyclic amines) is 1. The van der Waals surface area contributed by atoms with Crippen LogP contribution >= 0.6 is 0 Å². The number of fused-ring (bicyclic) bond motifs is 1. The molecule has 0 aliphatic carbocycles. The van der Waals surface area contributed by atoms with Gasteiger partial charge in [-0.05, 0) is 53.1 Å². The van der Waals surface area contributed by atoms with E-state index in [1.165, 1.54) is 5.56 Å². The van der Waals surface area contributed by atoms with Gasteiger partial charge in [-0.15, -0.1) is 5.10 Å². The highest BCUT2D eigenvalue weighted by molar-refractivity contribution is 5.95. The molecule has 0 radical (unpaired) electrons. The van der Waals surface area contributed by atoms with E-state index < -0.39 is 0 Å². The summed E-state index contributed by atoms with van der Waals surface area (Å²) >= 11 is 0. The topological polar surface area (TPSA) is 94.1 Å². The lowest BCUT2D eigenvalue weighted by molar-refractivity contribution is 0.0703. The van der Waals surface area contributed by atoms with Crippen molar-refractivity contribution in [2.75, 3.05) is 13.1 Å². The Labute approximate surface area is 167 Å². The van der Waals surface area contributed by atoms with Gasteiger partial charge >= 0.3 is 0 Å². The maximum Gasteiger partial charge on any atom is 0.254 e. The number of pyridine rings is 2. The molecule has 5 heterocycles. The van der Waals surface area contributed by atoms with Gasteiger partial charge in [0.1, 0.15) is 5.82 Å². The standard InChI is InChI=1S/C20H20N8O/c29-20(16-5-10-28-18(12-16)23-24-25-28)27-9-1-2-17(14-27)19-22-8-11-26(19)13-15-3-6-21-7-4-15/h3-8,10-12,17H,1-2,9,13-14H2/t17-/m1/s1. The van der Waals surface area contributed by atoms with Crippen molar-refractivity contribution in [2.24, 2.45) is 0 Å². The fourth-order valence-electron chi connectivity index (χ4n) is 3.93. The molecule has 29 heavy (non-hydrogen) atoms. The molecular weight excluding hydrogens is 368 g/mol. The van der Waals surface area contributed by atoms with Gasteiger partial charge in [0, 0.05) is 62.1 Å². The first-order valence-electron chi connectivity index (χ1n) is 9.65. The lowest BCUT2D eigenvalue weighted by Crippen LogP contribution is -2.39. The second-order valence-electron chi connectivity index (χ2n) is 7.26. The maximum atomic E-state index is 13.1. The summed E-state index contributed by atoms with van der Waals surface area (Å²) in [5.41, 5.74) is 2.35. The minimum Gasteiger partial charge on any atom is -0.338 e. The molecule has 0 unspecified atom stereocenters. The third-order valence-corrected chi connectivity index (χ3v) is 5.37. The number of nitrogens with zero attached hydrogens (tertiary/aromatic N) is 8. The van der Waals surface area contributed by atoms with E-state index in [0.29, 0.717) is 17.8 Å². The van der Waals surface area contributed by atoms with E-state index >= 15 is 0 Å². The highest BCUT2D eigenvalue weighted by Crippen LogP contribution is 2.27. The van der Waals surface area contributed by atoms with Crippen molar-refractivity contribution in [1.29, 1.82) is 0 Å². The number of piperidine rings is 1. The van der Waals surface area contributed by atoms with Crippen LogP contribution in [0.25, 0.3) is 5.65 Å². The molecule has 5 rings (SSSR count). The van der Waals surface area contributed by atoms with Gasteiger partial charge in [-0.3, -0.25) is 9.78 Å². The number of hydrogen-bond donors (Lipinski definition) is 0. The predicted octanol–water partition coefficient (Wildman–Crippen LogP) is 1.78. The minimum absolute atomic E-state index is 0.00689. The normalized spacial score (nSPS) is 17.0. The maximum absolute atomic E-state index is 13.1. The molecule has 146 valence electrons. The molecule has 9 heteroatoms. The van der Waals surface area contributed by atoms with Crippen LogP contribution < -0.4 is 0 Å². The number of rotatable bonds is 4. The van der Waals surface area contributed by atoms with Crippen LogP contribution in [0.5, 0.6) is 0 Å². The molecule has 1 aliphatic heterocycles. The molecule has 0 saturated carbocycles. The number of carbonyl (C=O) groups is 1. The Morgan fingerprint density at radius 3 is 2.93 bits per heavy atom. The monoisotopic (exact) mass is 388 g/mol. The van der Waals surface area contributed by atoms with Crippen LogP contribution in [-0.2, 0) is 6.54 Å². The summed E-state index contributed by atoms with van der Waals surface area (Å²) in [4.78, 5) is 23.7. The largest absolute Gasteiger partial charge is 0.338 e. The average Bonchev–Trinajstić information content (AvgIpc) is 3.43. The fourth-order valence-corrected chi connectivity index (χ4v) is 3.93. The van der Waals surface area contributed by atoms with E-state index in [-0.39, 0.29) is 11.8 Å². The number of aromatic nitrogens is 7. The van der Waals surface area contributed by atoms with Gasteiger partial charge in [0.2, 0.25) is 0 Å². The first-order valence-corrected chi connectivity index (χ1v) is 9.65.